The molecule has 1 aromatic carbocycles. The normalized spacial score (nSPS) is 11.5. The number of carboxylic acids is 1. The lowest BCUT2D eigenvalue weighted by molar-refractivity contribution is -0.164. The minimum absolute atomic E-state index is 0.565. The zero-order valence-corrected chi connectivity index (χ0v) is 12.9. The summed E-state index contributed by atoms with van der Waals surface area (Å²) in [4.78, 5) is 25.6. The van der Waals surface area contributed by atoms with Crippen LogP contribution in [0.25, 0.3) is 10.9 Å². The molecule has 0 saturated heterocycles. The average Bonchev–Trinajstić information content (AvgIpc) is 2.89. The number of nitrogens with one attached hydrogen (secondary N) is 1. The molecule has 2 rings (SSSR count). The number of H-pyrrole nitrogens is 1. The number of aromatic nitrogens is 1. The van der Waals surface area contributed by atoms with Crippen molar-refractivity contribution in [2.45, 2.75) is 45.1 Å². The van der Waals surface area contributed by atoms with Crippen molar-refractivity contribution >= 4 is 22.8 Å². The number of hydrogen-bond acceptors (Lipinski definition) is 3. The molecule has 5 nitrogen and oxygen atoms in total. The Morgan fingerprint density at radius 2 is 1.91 bits per heavy atom. The van der Waals surface area contributed by atoms with E-state index < -0.39 is 24.0 Å². The summed E-state index contributed by atoms with van der Waals surface area (Å²) >= 11 is 0. The Morgan fingerprint density at radius 3 is 2.55 bits per heavy atom. The molecule has 1 heterocycles. The van der Waals surface area contributed by atoms with Gasteiger partial charge in [0.2, 0.25) is 0 Å². The summed E-state index contributed by atoms with van der Waals surface area (Å²) in [6, 6.07) is 7.95. The first-order valence-corrected chi connectivity index (χ1v) is 7.48. The summed E-state index contributed by atoms with van der Waals surface area (Å²) in [5.74, 6) is -1.85. The van der Waals surface area contributed by atoms with Crippen LogP contribution in [0.5, 0.6) is 0 Å². The van der Waals surface area contributed by atoms with Gasteiger partial charge in [-0.25, -0.2) is 0 Å². The summed E-state index contributed by atoms with van der Waals surface area (Å²) in [5.41, 5.74) is 1.44. The first-order valence-electron chi connectivity index (χ1n) is 7.48. The van der Waals surface area contributed by atoms with Crippen LogP contribution < -0.4 is 0 Å². The molecule has 0 radical (unpaired) electrons. The van der Waals surface area contributed by atoms with Gasteiger partial charge in [0.1, 0.15) is 12.0 Å². The SMILES string of the molecule is CCC(CC)(Cc1c[nH]c2ccccc12)OC(=O)CC(=O)O. The number of carbonyl (C=O) groups excluding carboxylic acids is 1. The molecule has 2 aromatic rings. The van der Waals surface area contributed by atoms with Crippen molar-refractivity contribution < 1.29 is 19.4 Å². The second kappa shape index (κ2) is 6.64. The van der Waals surface area contributed by atoms with Gasteiger partial charge in [0.05, 0.1) is 0 Å². The maximum atomic E-state index is 11.8. The molecule has 5 heteroatoms. The van der Waals surface area contributed by atoms with E-state index in [4.69, 9.17) is 9.84 Å². The zero-order chi connectivity index (χ0) is 16.2. The molecule has 0 spiro atoms. The summed E-state index contributed by atoms with van der Waals surface area (Å²) in [5, 5.41) is 9.82. The monoisotopic (exact) mass is 303 g/mol. The molecule has 118 valence electrons. The first-order chi connectivity index (χ1) is 10.5. The van der Waals surface area contributed by atoms with Crippen LogP contribution in [-0.2, 0) is 20.7 Å². The highest BCUT2D eigenvalue weighted by atomic mass is 16.6. The number of esters is 1. The van der Waals surface area contributed by atoms with E-state index in [0.29, 0.717) is 19.3 Å². The Bertz CT molecular complexity index is 670. The third-order valence-electron chi connectivity index (χ3n) is 4.10. The number of rotatable bonds is 7. The van der Waals surface area contributed by atoms with E-state index in [9.17, 15) is 9.59 Å². The minimum atomic E-state index is -1.17. The van der Waals surface area contributed by atoms with Gasteiger partial charge in [-0.05, 0) is 24.5 Å². The molecule has 0 aliphatic heterocycles. The minimum Gasteiger partial charge on any atom is -0.481 e. The number of hydrogen-bond donors (Lipinski definition) is 2. The maximum absolute atomic E-state index is 11.8. The second-order valence-electron chi connectivity index (χ2n) is 5.47. The van der Waals surface area contributed by atoms with E-state index in [1.807, 2.05) is 44.3 Å². The summed E-state index contributed by atoms with van der Waals surface area (Å²) in [7, 11) is 0. The number of ether oxygens (including phenoxy) is 1. The van der Waals surface area contributed by atoms with E-state index in [2.05, 4.69) is 4.98 Å². The third kappa shape index (κ3) is 3.47. The van der Waals surface area contributed by atoms with Crippen molar-refractivity contribution in [2.24, 2.45) is 0 Å². The smallest absolute Gasteiger partial charge is 0.317 e. The number of para-hydroxylation sites is 1. The van der Waals surface area contributed by atoms with E-state index in [0.717, 1.165) is 16.5 Å². The van der Waals surface area contributed by atoms with Gasteiger partial charge in [-0.1, -0.05) is 32.0 Å². The number of fused-ring (bicyclic) bond motifs is 1. The number of carboxylic acid groups (broad SMARTS) is 1. The van der Waals surface area contributed by atoms with Gasteiger partial charge in [-0.15, -0.1) is 0 Å². The Hall–Kier alpha value is -2.30. The van der Waals surface area contributed by atoms with Crippen LogP contribution in [-0.4, -0.2) is 27.6 Å². The van der Waals surface area contributed by atoms with Gasteiger partial charge >= 0.3 is 11.9 Å². The highest BCUT2D eigenvalue weighted by Gasteiger charge is 2.32. The Kier molecular flexibility index (Phi) is 4.85. The van der Waals surface area contributed by atoms with Gasteiger partial charge in [-0.3, -0.25) is 9.59 Å². The van der Waals surface area contributed by atoms with Gasteiger partial charge in [-0.2, -0.15) is 0 Å². The molecule has 0 unspecified atom stereocenters. The van der Waals surface area contributed by atoms with Gasteiger partial charge in [0.25, 0.3) is 0 Å². The van der Waals surface area contributed by atoms with Crippen LogP contribution in [0.15, 0.2) is 30.5 Å². The van der Waals surface area contributed by atoms with E-state index in [-0.39, 0.29) is 0 Å². The fourth-order valence-electron chi connectivity index (χ4n) is 2.71. The Labute approximate surface area is 129 Å². The lowest BCUT2D eigenvalue weighted by atomic mass is 9.89. The third-order valence-corrected chi connectivity index (χ3v) is 4.10. The van der Waals surface area contributed by atoms with Gasteiger partial charge < -0.3 is 14.8 Å². The molecule has 0 saturated carbocycles. The van der Waals surface area contributed by atoms with Crippen LogP contribution in [0.4, 0.5) is 0 Å². The number of benzene rings is 1. The van der Waals surface area contributed by atoms with Gasteiger partial charge in [0.15, 0.2) is 0 Å². The average molecular weight is 303 g/mol. The lowest BCUT2D eigenvalue weighted by Gasteiger charge is -2.31. The Morgan fingerprint density at radius 1 is 1.23 bits per heavy atom. The fourth-order valence-corrected chi connectivity index (χ4v) is 2.71. The highest BCUT2D eigenvalue weighted by molar-refractivity contribution is 5.90. The predicted octanol–water partition coefficient (Wildman–Crippen LogP) is 3.29. The maximum Gasteiger partial charge on any atom is 0.317 e. The van der Waals surface area contributed by atoms with Crippen LogP contribution in [0.1, 0.15) is 38.7 Å². The van der Waals surface area contributed by atoms with E-state index in [1.165, 1.54) is 0 Å². The van der Waals surface area contributed by atoms with Crippen molar-refractivity contribution in [1.29, 1.82) is 0 Å². The van der Waals surface area contributed by atoms with Crippen molar-refractivity contribution in [1.82, 2.24) is 4.98 Å². The van der Waals surface area contributed by atoms with Crippen LogP contribution >= 0.6 is 0 Å². The molecule has 0 atom stereocenters. The first kappa shape index (κ1) is 16.1. The molecule has 0 bridgehead atoms. The molecule has 0 fully saturated rings. The van der Waals surface area contributed by atoms with Crippen LogP contribution in [0.3, 0.4) is 0 Å². The molecule has 0 amide bonds. The molecule has 1 aromatic heterocycles. The summed E-state index contributed by atoms with van der Waals surface area (Å²) in [6.45, 7) is 3.90. The topological polar surface area (TPSA) is 79.4 Å². The highest BCUT2D eigenvalue weighted by Crippen LogP contribution is 2.30. The summed E-state index contributed by atoms with van der Waals surface area (Å²) in [6.07, 6.45) is 3.16. The molecule has 2 N–H and O–H groups in total. The Balaban J connectivity index is 2.24. The van der Waals surface area contributed by atoms with Crippen molar-refractivity contribution in [3.63, 3.8) is 0 Å². The van der Waals surface area contributed by atoms with E-state index >= 15 is 0 Å². The van der Waals surface area contributed by atoms with Crippen molar-refractivity contribution in [3.05, 3.63) is 36.0 Å². The number of aromatic amines is 1. The van der Waals surface area contributed by atoms with Gasteiger partial charge in [0, 0.05) is 23.5 Å². The summed E-state index contributed by atoms with van der Waals surface area (Å²) < 4.78 is 5.54. The zero-order valence-electron chi connectivity index (χ0n) is 12.9. The number of carbonyl (C=O) groups is 2. The molecule has 22 heavy (non-hydrogen) atoms. The van der Waals surface area contributed by atoms with Crippen LogP contribution in [0, 0.1) is 0 Å². The van der Waals surface area contributed by atoms with E-state index in [1.54, 1.807) is 0 Å². The fraction of sp³-hybridized carbons (Fsp3) is 0.412. The molecule has 0 aliphatic rings. The van der Waals surface area contributed by atoms with Crippen molar-refractivity contribution in [3.8, 4) is 0 Å². The number of aliphatic carboxylic acids is 1. The molecular weight excluding hydrogens is 282 g/mol. The predicted molar refractivity (Wildman–Crippen MR) is 83.7 cm³/mol. The second-order valence-corrected chi connectivity index (χ2v) is 5.47. The quantitative estimate of drug-likeness (QED) is 0.607. The van der Waals surface area contributed by atoms with Crippen molar-refractivity contribution in [2.75, 3.05) is 0 Å². The standard InChI is InChI=1S/C17H21NO4/c1-3-17(4-2,22-16(21)9-15(19)20)10-12-11-18-14-8-6-5-7-13(12)14/h5-8,11,18H,3-4,9-10H2,1-2H3,(H,19,20). The lowest BCUT2D eigenvalue weighted by Crippen LogP contribution is -2.36. The molecular formula is C17H21NO4. The van der Waals surface area contributed by atoms with Crippen LogP contribution in [0.2, 0.25) is 0 Å². The molecule has 0 aliphatic carbocycles. The largest absolute Gasteiger partial charge is 0.481 e.